The highest BCUT2D eigenvalue weighted by atomic mass is 79.9. The lowest BCUT2D eigenvalue weighted by Crippen LogP contribution is -2.25. The van der Waals surface area contributed by atoms with E-state index in [0.29, 0.717) is 6.07 Å². The number of ketones is 1. The fourth-order valence-electron chi connectivity index (χ4n) is 1.49. The third kappa shape index (κ3) is 2.93. The molecule has 0 saturated carbocycles. The van der Waals surface area contributed by atoms with Crippen LogP contribution in [-0.2, 0) is 6.54 Å². The Balaban J connectivity index is 2.31. The van der Waals surface area contributed by atoms with E-state index in [4.69, 9.17) is 0 Å². The summed E-state index contributed by atoms with van der Waals surface area (Å²) < 4.78 is 27.4. The number of benzene rings is 1. The Kier molecular flexibility index (Phi) is 3.84. The van der Waals surface area contributed by atoms with Crippen LogP contribution in [0.3, 0.4) is 0 Å². The van der Waals surface area contributed by atoms with E-state index in [-0.39, 0.29) is 16.6 Å². The molecule has 0 N–H and O–H groups in total. The van der Waals surface area contributed by atoms with Gasteiger partial charge in [-0.2, -0.15) is 0 Å². The van der Waals surface area contributed by atoms with E-state index >= 15 is 0 Å². The van der Waals surface area contributed by atoms with Gasteiger partial charge in [0, 0.05) is 12.3 Å². The van der Waals surface area contributed by atoms with Gasteiger partial charge in [-0.1, -0.05) is 0 Å². The zero-order valence-electron chi connectivity index (χ0n) is 9.44. The third-order valence-electron chi connectivity index (χ3n) is 2.40. The van der Waals surface area contributed by atoms with Gasteiger partial charge in [0.05, 0.1) is 18.4 Å². The predicted molar refractivity (Wildman–Crippen MR) is 66.9 cm³/mol. The van der Waals surface area contributed by atoms with E-state index < -0.39 is 23.0 Å². The molecule has 0 atom stereocenters. The Morgan fingerprint density at radius 1 is 1.37 bits per heavy atom. The summed E-state index contributed by atoms with van der Waals surface area (Å²) in [6, 6.07) is 2.65. The van der Waals surface area contributed by atoms with Crippen molar-refractivity contribution in [1.82, 2.24) is 9.55 Å². The highest BCUT2D eigenvalue weighted by Crippen LogP contribution is 2.11. The first-order chi connectivity index (χ1) is 8.99. The molecule has 19 heavy (non-hydrogen) atoms. The van der Waals surface area contributed by atoms with Crippen molar-refractivity contribution >= 4 is 21.7 Å². The molecule has 4 nitrogen and oxygen atoms in total. The summed E-state index contributed by atoms with van der Waals surface area (Å²) in [4.78, 5) is 27.2. The Morgan fingerprint density at radius 3 is 2.79 bits per heavy atom. The molecule has 2 aromatic rings. The second-order valence-electron chi connectivity index (χ2n) is 3.72. The average Bonchev–Trinajstić information content (AvgIpc) is 2.34. The number of carbonyl (C=O) groups excluding carboxylic acids is 1. The highest BCUT2D eigenvalue weighted by molar-refractivity contribution is 9.10. The number of nitrogens with zero attached hydrogens (tertiary/aromatic N) is 2. The molecule has 1 aromatic heterocycles. The summed E-state index contributed by atoms with van der Waals surface area (Å²) in [5.74, 6) is -2.36. The zero-order chi connectivity index (χ0) is 14.0. The van der Waals surface area contributed by atoms with Gasteiger partial charge in [0.2, 0.25) is 0 Å². The maximum absolute atomic E-state index is 13.4. The van der Waals surface area contributed by atoms with E-state index in [1.165, 1.54) is 12.5 Å². The minimum absolute atomic E-state index is 0.197. The summed E-state index contributed by atoms with van der Waals surface area (Å²) in [5.41, 5.74) is -0.723. The molecule has 0 fully saturated rings. The molecular formula is C12H7BrF2N2O2. The first-order valence-electron chi connectivity index (χ1n) is 5.17. The Bertz CT molecular complexity index is 700. The van der Waals surface area contributed by atoms with Crippen molar-refractivity contribution in [2.45, 2.75) is 6.54 Å². The summed E-state index contributed by atoms with van der Waals surface area (Å²) in [6.07, 6.45) is 2.47. The van der Waals surface area contributed by atoms with Gasteiger partial charge >= 0.3 is 0 Å². The zero-order valence-corrected chi connectivity index (χ0v) is 11.0. The van der Waals surface area contributed by atoms with Crippen molar-refractivity contribution in [2.75, 3.05) is 0 Å². The molecule has 0 aliphatic rings. The molecule has 0 bridgehead atoms. The summed E-state index contributed by atoms with van der Waals surface area (Å²) >= 11 is 2.99. The number of carbonyl (C=O) groups is 1. The maximum atomic E-state index is 13.4. The smallest absolute Gasteiger partial charge is 0.268 e. The van der Waals surface area contributed by atoms with Crippen LogP contribution < -0.4 is 5.56 Å². The summed E-state index contributed by atoms with van der Waals surface area (Å²) in [7, 11) is 0. The van der Waals surface area contributed by atoms with E-state index in [0.717, 1.165) is 16.7 Å². The summed E-state index contributed by atoms with van der Waals surface area (Å²) in [5, 5.41) is 0. The van der Waals surface area contributed by atoms with Gasteiger partial charge in [-0.05, 0) is 28.1 Å². The van der Waals surface area contributed by atoms with Crippen molar-refractivity contribution in [2.24, 2.45) is 0 Å². The molecule has 0 saturated heterocycles. The molecule has 2 rings (SSSR count). The van der Waals surface area contributed by atoms with Crippen LogP contribution in [0, 0.1) is 11.6 Å². The standard InChI is InChI=1S/C12H7BrF2N2O2/c13-9-4-16-6-17(12(9)19)5-11(18)8-2-1-7(14)3-10(8)15/h1-4,6H,5H2. The fourth-order valence-corrected chi connectivity index (χ4v) is 1.84. The van der Waals surface area contributed by atoms with Gasteiger partial charge in [0.1, 0.15) is 16.1 Å². The highest BCUT2D eigenvalue weighted by Gasteiger charge is 2.14. The number of aromatic nitrogens is 2. The molecule has 1 aromatic carbocycles. The second kappa shape index (κ2) is 5.40. The van der Waals surface area contributed by atoms with Crippen LogP contribution in [0.2, 0.25) is 0 Å². The van der Waals surface area contributed by atoms with Crippen molar-refractivity contribution in [1.29, 1.82) is 0 Å². The van der Waals surface area contributed by atoms with Crippen LogP contribution >= 0.6 is 15.9 Å². The number of hydrogen-bond acceptors (Lipinski definition) is 3. The Morgan fingerprint density at radius 2 is 2.11 bits per heavy atom. The lowest BCUT2D eigenvalue weighted by Gasteiger charge is -2.05. The van der Waals surface area contributed by atoms with Crippen molar-refractivity contribution in [3.63, 3.8) is 0 Å². The monoisotopic (exact) mass is 328 g/mol. The van der Waals surface area contributed by atoms with Crippen LogP contribution in [-0.4, -0.2) is 15.3 Å². The molecule has 0 unspecified atom stereocenters. The molecule has 0 radical (unpaired) electrons. The SMILES string of the molecule is O=C(Cn1cncc(Br)c1=O)c1ccc(F)cc1F. The molecule has 0 aliphatic carbocycles. The third-order valence-corrected chi connectivity index (χ3v) is 2.95. The van der Waals surface area contributed by atoms with Crippen LogP contribution in [0.4, 0.5) is 8.78 Å². The number of hydrogen-bond donors (Lipinski definition) is 0. The molecule has 98 valence electrons. The lowest BCUT2D eigenvalue weighted by atomic mass is 10.1. The first-order valence-corrected chi connectivity index (χ1v) is 5.96. The molecular weight excluding hydrogens is 322 g/mol. The van der Waals surface area contributed by atoms with Crippen molar-refractivity contribution in [3.05, 3.63) is 62.7 Å². The minimum atomic E-state index is -0.957. The molecule has 0 amide bonds. The van der Waals surface area contributed by atoms with Crippen molar-refractivity contribution in [3.8, 4) is 0 Å². The van der Waals surface area contributed by atoms with Crippen LogP contribution in [0.15, 0.2) is 40.0 Å². The van der Waals surface area contributed by atoms with Gasteiger partial charge < -0.3 is 0 Å². The lowest BCUT2D eigenvalue weighted by molar-refractivity contribution is 0.0966. The maximum Gasteiger partial charge on any atom is 0.268 e. The van der Waals surface area contributed by atoms with Crippen LogP contribution in [0.25, 0.3) is 0 Å². The quantitative estimate of drug-likeness (QED) is 0.811. The normalized spacial score (nSPS) is 10.5. The molecule has 0 spiro atoms. The molecule has 0 aliphatic heterocycles. The molecule has 7 heteroatoms. The second-order valence-corrected chi connectivity index (χ2v) is 4.58. The molecule has 1 heterocycles. The predicted octanol–water partition coefficient (Wildman–Crippen LogP) is 2.17. The average molecular weight is 329 g/mol. The van der Waals surface area contributed by atoms with Gasteiger partial charge in [-0.25, -0.2) is 13.8 Å². The topological polar surface area (TPSA) is 52.0 Å². The largest absolute Gasteiger partial charge is 0.292 e. The van der Waals surface area contributed by atoms with E-state index in [2.05, 4.69) is 20.9 Å². The number of Topliss-reactive ketones (excluding diaryl/α,β-unsaturated/α-hetero) is 1. The van der Waals surface area contributed by atoms with Gasteiger partial charge in [0.25, 0.3) is 5.56 Å². The van der Waals surface area contributed by atoms with Gasteiger partial charge in [-0.3, -0.25) is 14.2 Å². The Labute approximate surface area is 114 Å². The number of rotatable bonds is 3. The van der Waals surface area contributed by atoms with Gasteiger partial charge in [0.15, 0.2) is 5.78 Å². The van der Waals surface area contributed by atoms with E-state index in [1.807, 2.05) is 0 Å². The fraction of sp³-hybridized carbons (Fsp3) is 0.0833. The van der Waals surface area contributed by atoms with E-state index in [1.54, 1.807) is 0 Å². The van der Waals surface area contributed by atoms with Crippen LogP contribution in [0.5, 0.6) is 0 Å². The van der Waals surface area contributed by atoms with Crippen LogP contribution in [0.1, 0.15) is 10.4 Å². The first kappa shape index (κ1) is 13.5. The Hall–Kier alpha value is -1.89. The van der Waals surface area contributed by atoms with Crippen molar-refractivity contribution < 1.29 is 13.6 Å². The summed E-state index contributed by atoms with van der Waals surface area (Å²) in [6.45, 7) is -0.367. The van der Waals surface area contributed by atoms with Gasteiger partial charge in [-0.15, -0.1) is 0 Å². The van der Waals surface area contributed by atoms with E-state index in [9.17, 15) is 18.4 Å². The number of halogens is 3. The minimum Gasteiger partial charge on any atom is -0.292 e.